The Balaban J connectivity index is 2.41. The Bertz CT molecular complexity index is 601. The van der Waals surface area contributed by atoms with Crippen LogP contribution in [-0.4, -0.2) is 36.6 Å². The predicted molar refractivity (Wildman–Crippen MR) is 70.7 cm³/mol. The Morgan fingerprint density at radius 1 is 1.29 bits per heavy atom. The highest BCUT2D eigenvalue weighted by molar-refractivity contribution is 9.10. The maximum atomic E-state index is 12.5. The van der Waals surface area contributed by atoms with Crippen LogP contribution in [0.1, 0.15) is 21.5 Å². The largest absolute Gasteiger partial charge is 0.471 e. The fourth-order valence-corrected chi connectivity index (χ4v) is 2.86. The quantitative estimate of drug-likeness (QED) is 0.718. The number of carbonyl (C=O) groups excluding carboxylic acids is 2. The maximum absolute atomic E-state index is 12.5. The minimum atomic E-state index is -4.92. The molecule has 0 fully saturated rings. The summed E-state index contributed by atoms with van der Waals surface area (Å²) in [5.74, 6) is -2.54. The zero-order valence-corrected chi connectivity index (χ0v) is 12.5. The number of fused-ring (bicyclic) bond motifs is 1. The average molecular weight is 366 g/mol. The van der Waals surface area contributed by atoms with Gasteiger partial charge < -0.3 is 9.64 Å². The van der Waals surface area contributed by atoms with E-state index in [4.69, 9.17) is 0 Å². The molecule has 21 heavy (non-hydrogen) atoms. The van der Waals surface area contributed by atoms with E-state index in [1.54, 1.807) is 6.07 Å². The summed E-state index contributed by atoms with van der Waals surface area (Å²) in [6.07, 6.45) is -4.68. The van der Waals surface area contributed by atoms with Gasteiger partial charge in [-0.25, -0.2) is 4.79 Å². The zero-order valence-electron chi connectivity index (χ0n) is 11.0. The lowest BCUT2D eigenvalue weighted by atomic mass is 9.94. The van der Waals surface area contributed by atoms with Crippen LogP contribution in [0.2, 0.25) is 0 Å². The number of alkyl halides is 3. The van der Waals surface area contributed by atoms with Gasteiger partial charge >= 0.3 is 18.1 Å². The molecule has 1 aromatic carbocycles. The molecule has 0 saturated carbocycles. The molecule has 0 N–H and O–H groups in total. The highest BCUT2D eigenvalue weighted by atomic mass is 79.9. The molecule has 0 atom stereocenters. The molecule has 0 bridgehead atoms. The fourth-order valence-electron chi connectivity index (χ4n) is 2.29. The van der Waals surface area contributed by atoms with Crippen molar-refractivity contribution in [2.75, 3.05) is 13.7 Å². The lowest BCUT2D eigenvalue weighted by molar-refractivity contribution is -0.186. The average Bonchev–Trinajstić information content (AvgIpc) is 2.44. The van der Waals surface area contributed by atoms with Crippen LogP contribution in [0.5, 0.6) is 0 Å². The molecular formula is C13H11BrF3NO3. The predicted octanol–water partition coefficient (Wildman–Crippen LogP) is 2.68. The molecule has 0 spiro atoms. The van der Waals surface area contributed by atoms with Gasteiger partial charge in [-0.15, -0.1) is 0 Å². The lowest BCUT2D eigenvalue weighted by Gasteiger charge is -2.31. The van der Waals surface area contributed by atoms with Crippen molar-refractivity contribution >= 4 is 27.8 Å². The molecule has 1 heterocycles. The summed E-state index contributed by atoms with van der Waals surface area (Å²) in [6.45, 7) is -0.313. The third kappa shape index (κ3) is 3.04. The number of ether oxygens (including phenoxy) is 1. The van der Waals surface area contributed by atoms with Gasteiger partial charge in [0.1, 0.15) is 0 Å². The summed E-state index contributed by atoms with van der Waals surface area (Å²) in [6, 6.07) is 3.11. The number of carbonyl (C=O) groups is 2. The first-order valence-corrected chi connectivity index (χ1v) is 6.79. The minimum Gasteiger partial charge on any atom is -0.465 e. The normalized spacial score (nSPS) is 14.6. The first kappa shape index (κ1) is 15.8. The number of hydrogen-bond donors (Lipinski definition) is 0. The highest BCUT2D eigenvalue weighted by Crippen LogP contribution is 2.31. The summed E-state index contributed by atoms with van der Waals surface area (Å²) in [5, 5.41) is 0. The van der Waals surface area contributed by atoms with Crippen molar-refractivity contribution in [2.24, 2.45) is 0 Å². The molecule has 4 nitrogen and oxygen atoms in total. The van der Waals surface area contributed by atoms with Crippen LogP contribution < -0.4 is 0 Å². The molecular weight excluding hydrogens is 355 g/mol. The summed E-state index contributed by atoms with van der Waals surface area (Å²) in [4.78, 5) is 23.7. The van der Waals surface area contributed by atoms with E-state index < -0.39 is 18.1 Å². The van der Waals surface area contributed by atoms with Crippen LogP contribution in [0, 0.1) is 0 Å². The van der Waals surface area contributed by atoms with Crippen LogP contribution in [0.15, 0.2) is 16.6 Å². The van der Waals surface area contributed by atoms with Crippen molar-refractivity contribution in [3.63, 3.8) is 0 Å². The Hall–Kier alpha value is -1.57. The summed E-state index contributed by atoms with van der Waals surface area (Å²) >= 11 is 3.31. The monoisotopic (exact) mass is 365 g/mol. The number of esters is 1. The molecule has 0 radical (unpaired) electrons. The minimum absolute atomic E-state index is 0.0471. The highest BCUT2D eigenvalue weighted by Gasteiger charge is 2.43. The molecule has 8 heteroatoms. The van der Waals surface area contributed by atoms with Gasteiger partial charge in [-0.1, -0.05) is 15.9 Å². The van der Waals surface area contributed by atoms with E-state index in [0.29, 0.717) is 14.9 Å². The van der Waals surface area contributed by atoms with Crippen LogP contribution in [0.4, 0.5) is 13.2 Å². The standard InChI is InChI=1S/C13H11BrF3NO3/c1-21-11(19)8-2-3-10(14)7-4-5-18(6-9(7)8)12(20)13(15,16)17/h2-3H,4-6H2,1H3. The number of methoxy groups -OCH3 is 1. The van der Waals surface area contributed by atoms with E-state index in [0.717, 1.165) is 5.56 Å². The first-order chi connectivity index (χ1) is 9.75. The fraction of sp³-hybridized carbons (Fsp3) is 0.385. The molecule has 1 aliphatic heterocycles. The molecule has 0 unspecified atom stereocenters. The van der Waals surface area contributed by atoms with E-state index in [1.807, 2.05) is 0 Å². The molecule has 1 aromatic rings. The smallest absolute Gasteiger partial charge is 0.465 e. The van der Waals surface area contributed by atoms with E-state index in [2.05, 4.69) is 20.7 Å². The molecule has 0 saturated heterocycles. The summed E-state index contributed by atoms with van der Waals surface area (Å²) < 4.78 is 42.9. The zero-order chi connectivity index (χ0) is 15.8. The van der Waals surface area contributed by atoms with Crippen molar-refractivity contribution in [1.82, 2.24) is 4.90 Å². The Labute approximate surface area is 127 Å². The van der Waals surface area contributed by atoms with Crippen LogP contribution in [0.3, 0.4) is 0 Å². The summed E-state index contributed by atoms with van der Waals surface area (Å²) in [7, 11) is 1.19. The molecule has 2 rings (SSSR count). The van der Waals surface area contributed by atoms with Crippen LogP contribution >= 0.6 is 15.9 Å². The van der Waals surface area contributed by atoms with Crippen LogP contribution in [0.25, 0.3) is 0 Å². The van der Waals surface area contributed by atoms with Crippen molar-refractivity contribution in [3.05, 3.63) is 33.3 Å². The van der Waals surface area contributed by atoms with Gasteiger partial charge in [-0.05, 0) is 29.7 Å². The van der Waals surface area contributed by atoms with Crippen molar-refractivity contribution in [1.29, 1.82) is 0 Å². The SMILES string of the molecule is COC(=O)c1ccc(Br)c2c1CN(C(=O)C(F)(F)F)CC2. The van der Waals surface area contributed by atoms with Gasteiger partial charge in [0.15, 0.2) is 0 Å². The second kappa shape index (κ2) is 5.67. The first-order valence-electron chi connectivity index (χ1n) is 6.00. The lowest BCUT2D eigenvalue weighted by Crippen LogP contribution is -2.44. The number of rotatable bonds is 1. The number of amides is 1. The van der Waals surface area contributed by atoms with E-state index in [1.165, 1.54) is 13.2 Å². The van der Waals surface area contributed by atoms with Gasteiger partial charge in [0.2, 0.25) is 0 Å². The van der Waals surface area contributed by atoms with Gasteiger partial charge in [0.25, 0.3) is 0 Å². The topological polar surface area (TPSA) is 46.6 Å². The molecule has 0 aliphatic carbocycles. The maximum Gasteiger partial charge on any atom is 0.471 e. The Morgan fingerprint density at radius 2 is 1.95 bits per heavy atom. The van der Waals surface area contributed by atoms with Gasteiger partial charge in [0, 0.05) is 17.6 Å². The molecule has 114 valence electrons. The molecule has 0 aromatic heterocycles. The second-order valence-electron chi connectivity index (χ2n) is 4.52. The second-order valence-corrected chi connectivity index (χ2v) is 5.37. The van der Waals surface area contributed by atoms with Crippen molar-refractivity contribution < 1.29 is 27.5 Å². The van der Waals surface area contributed by atoms with Gasteiger partial charge in [-0.3, -0.25) is 4.79 Å². The number of halogens is 4. The van der Waals surface area contributed by atoms with E-state index in [9.17, 15) is 22.8 Å². The molecule has 1 aliphatic rings. The third-order valence-corrected chi connectivity index (χ3v) is 4.03. The number of nitrogens with zero attached hydrogens (tertiary/aromatic N) is 1. The van der Waals surface area contributed by atoms with Gasteiger partial charge in [-0.2, -0.15) is 13.2 Å². The van der Waals surface area contributed by atoms with Crippen molar-refractivity contribution in [3.8, 4) is 0 Å². The molecule has 1 amide bonds. The third-order valence-electron chi connectivity index (χ3n) is 3.29. The Kier molecular flexibility index (Phi) is 4.27. The Morgan fingerprint density at radius 3 is 2.52 bits per heavy atom. The number of hydrogen-bond acceptors (Lipinski definition) is 3. The van der Waals surface area contributed by atoms with Crippen molar-refractivity contribution in [2.45, 2.75) is 19.1 Å². The number of benzene rings is 1. The van der Waals surface area contributed by atoms with Gasteiger partial charge in [0.05, 0.1) is 12.7 Å². The summed E-state index contributed by atoms with van der Waals surface area (Å²) in [5.41, 5.74) is 1.29. The van der Waals surface area contributed by atoms with E-state index in [-0.39, 0.29) is 25.1 Å². The van der Waals surface area contributed by atoms with E-state index >= 15 is 0 Å². The van der Waals surface area contributed by atoms with Crippen LogP contribution in [-0.2, 0) is 22.5 Å².